The summed E-state index contributed by atoms with van der Waals surface area (Å²) in [5.74, 6) is 5.98. The molecule has 0 bridgehead atoms. The van der Waals surface area contributed by atoms with E-state index in [9.17, 15) is 4.79 Å². The van der Waals surface area contributed by atoms with E-state index in [1.807, 2.05) is 0 Å². The second kappa shape index (κ2) is 3.73. The van der Waals surface area contributed by atoms with Crippen LogP contribution in [0.25, 0.3) is 0 Å². The van der Waals surface area contributed by atoms with Crippen molar-refractivity contribution in [2.75, 3.05) is 12.1 Å². The normalized spacial score (nSPS) is 9.17. The first-order valence-corrected chi connectivity index (χ1v) is 3.34. The van der Waals surface area contributed by atoms with Crippen LogP contribution in [0.5, 0.6) is 5.75 Å². The Labute approximate surface area is 70.5 Å². The largest absolute Gasteiger partial charge is 0.497 e. The minimum Gasteiger partial charge on any atom is -0.497 e. The van der Waals surface area contributed by atoms with Crippen LogP contribution in [0, 0.1) is 0 Å². The number of ether oxygens (including phenoxy) is 1. The third-order valence-electron chi connectivity index (χ3n) is 1.45. The second-order valence-corrected chi connectivity index (χ2v) is 2.16. The molecule has 0 spiro atoms. The maximum absolute atomic E-state index is 10.1. The monoisotopic (exact) mass is 165 g/mol. The van der Waals surface area contributed by atoms with Gasteiger partial charge in [0.05, 0.1) is 12.8 Å². The predicted octanol–water partition coefficient (Wildman–Crippen LogP) is 0.442. The van der Waals surface area contributed by atoms with Gasteiger partial charge in [-0.05, 0) is 24.3 Å². The molecule has 0 heterocycles. The lowest BCUT2D eigenvalue weighted by molar-refractivity contribution is 0.415. The summed E-state index contributed by atoms with van der Waals surface area (Å²) < 4.78 is 4.92. The van der Waals surface area contributed by atoms with Gasteiger partial charge in [0.25, 0.3) is 0 Å². The van der Waals surface area contributed by atoms with Gasteiger partial charge in [0.1, 0.15) is 5.75 Å². The van der Waals surface area contributed by atoms with E-state index in [0.717, 1.165) is 10.8 Å². The number of hydrazine groups is 1. The Balaban J connectivity index is 2.84. The van der Waals surface area contributed by atoms with Crippen LogP contribution in [-0.4, -0.2) is 13.5 Å². The summed E-state index contributed by atoms with van der Waals surface area (Å²) in [7, 11) is 1.57. The average Bonchev–Trinajstić information content (AvgIpc) is 2.17. The van der Waals surface area contributed by atoms with Gasteiger partial charge in [0.15, 0.2) is 0 Å². The molecule has 0 saturated carbocycles. The highest BCUT2D eigenvalue weighted by Crippen LogP contribution is 2.15. The lowest BCUT2D eigenvalue weighted by Gasteiger charge is -2.08. The Bertz CT molecular complexity index is 258. The number of rotatable bonds is 3. The maximum Gasteiger partial charge on any atom is 0.332 e. The summed E-state index contributed by atoms with van der Waals surface area (Å²) in [6, 6.07) is 6.77. The fraction of sp³-hybridized carbons (Fsp3) is 0.125. The fourth-order valence-corrected chi connectivity index (χ4v) is 0.796. The molecule has 0 unspecified atom stereocenters. The van der Waals surface area contributed by atoms with Gasteiger partial charge in [-0.1, -0.05) is 0 Å². The summed E-state index contributed by atoms with van der Waals surface area (Å²) in [4.78, 5) is 10.1. The number of amides is 1. The van der Waals surface area contributed by atoms with Gasteiger partial charge in [-0.25, -0.2) is 10.9 Å². The zero-order valence-electron chi connectivity index (χ0n) is 6.65. The smallest absolute Gasteiger partial charge is 0.332 e. The molecule has 2 N–H and O–H groups in total. The van der Waals surface area contributed by atoms with Gasteiger partial charge in [-0.15, -0.1) is 0 Å². The lowest BCUT2D eigenvalue weighted by atomic mass is 10.3. The molecule has 4 nitrogen and oxygen atoms in total. The van der Waals surface area contributed by atoms with Gasteiger partial charge in [-0.3, -0.25) is 4.79 Å². The lowest BCUT2D eigenvalue weighted by Crippen LogP contribution is -2.28. The average molecular weight is 165 g/mol. The molecule has 0 saturated heterocycles. The highest BCUT2D eigenvalue weighted by molar-refractivity contribution is 5.73. The number of methoxy groups -OCH3 is 1. The molecular weight excluding hydrogens is 156 g/mol. The maximum atomic E-state index is 10.1. The van der Waals surface area contributed by atoms with Crippen LogP contribution >= 0.6 is 0 Å². The number of carbonyl (C=O) groups excluding carboxylic acids is 1. The first-order chi connectivity index (χ1) is 5.77. The second-order valence-electron chi connectivity index (χ2n) is 2.16. The van der Waals surface area contributed by atoms with E-state index in [4.69, 9.17) is 10.6 Å². The van der Waals surface area contributed by atoms with Crippen LogP contribution in [0.3, 0.4) is 0 Å². The topological polar surface area (TPSA) is 55.6 Å². The van der Waals surface area contributed by atoms with Gasteiger partial charge in [0, 0.05) is 0 Å². The van der Waals surface area contributed by atoms with Gasteiger partial charge < -0.3 is 4.74 Å². The number of nitrogens with zero attached hydrogens (tertiary/aromatic N) is 1. The molecule has 63 valence electrons. The third kappa shape index (κ3) is 1.73. The van der Waals surface area contributed by atoms with E-state index >= 15 is 0 Å². The molecule has 0 aliphatic rings. The van der Waals surface area contributed by atoms with Crippen LogP contribution in [0.4, 0.5) is 5.69 Å². The highest BCUT2D eigenvalue weighted by atomic mass is 16.5. The van der Waals surface area contributed by atoms with Crippen molar-refractivity contribution in [2.45, 2.75) is 0 Å². The van der Waals surface area contributed by atoms with Crippen molar-refractivity contribution in [1.82, 2.24) is 0 Å². The van der Waals surface area contributed by atoms with E-state index in [2.05, 4.69) is 0 Å². The van der Waals surface area contributed by atoms with Crippen LogP contribution in [0.2, 0.25) is 0 Å². The van der Waals surface area contributed by atoms with E-state index in [1.165, 1.54) is 6.41 Å². The molecule has 1 amide bonds. The molecule has 0 aliphatic carbocycles. The van der Waals surface area contributed by atoms with Crippen LogP contribution < -0.4 is 15.6 Å². The summed E-state index contributed by atoms with van der Waals surface area (Å²) in [5.41, 5.74) is 0.575. The molecule has 0 aromatic heterocycles. The Morgan fingerprint density at radius 3 is 2.42 bits per heavy atom. The fourth-order valence-electron chi connectivity index (χ4n) is 0.796. The molecule has 1 aromatic carbocycles. The minimum absolute atomic E-state index is 0.575. The molecule has 0 fully saturated rings. The van der Waals surface area contributed by atoms with Gasteiger partial charge in [-0.2, -0.15) is 0 Å². The highest BCUT2D eigenvalue weighted by Gasteiger charge is 1.99. The number of benzene rings is 1. The van der Waals surface area contributed by atoms with Crippen LogP contribution in [0.15, 0.2) is 24.3 Å². The minimum atomic E-state index is 0.575. The summed E-state index contributed by atoms with van der Waals surface area (Å²) in [5, 5.41) is 0.874. The zero-order valence-corrected chi connectivity index (χ0v) is 6.65. The van der Waals surface area contributed by atoms with E-state index in [0.29, 0.717) is 5.69 Å². The number of hydrogen-bond donors (Lipinski definition) is 1. The van der Waals surface area contributed by atoms with Crippen LogP contribution in [-0.2, 0) is 4.79 Å². The number of anilines is 1. The zero-order chi connectivity index (χ0) is 8.97. The third-order valence-corrected chi connectivity index (χ3v) is 1.45. The molecule has 4 heteroatoms. The van der Waals surface area contributed by atoms with Gasteiger partial charge >= 0.3 is 6.41 Å². The summed E-state index contributed by atoms with van der Waals surface area (Å²) >= 11 is 0. The van der Waals surface area contributed by atoms with Crippen molar-refractivity contribution in [3.63, 3.8) is 0 Å². The van der Waals surface area contributed by atoms with E-state index in [-0.39, 0.29) is 0 Å². The van der Waals surface area contributed by atoms with E-state index < -0.39 is 0 Å². The Hall–Kier alpha value is -1.55. The first-order valence-electron chi connectivity index (χ1n) is 3.34. The van der Waals surface area contributed by atoms with Crippen molar-refractivity contribution in [1.29, 1.82) is 0 Å². The predicted molar refractivity (Wildman–Crippen MR) is 45.4 cm³/mol. The number of nitrogens with two attached hydrogens (primary N) is 1. The molecule has 0 aliphatic heterocycles. The molecule has 12 heavy (non-hydrogen) atoms. The quantitative estimate of drug-likeness (QED) is 0.306. The van der Waals surface area contributed by atoms with Crippen molar-refractivity contribution in [3.05, 3.63) is 24.3 Å². The van der Waals surface area contributed by atoms with Crippen molar-refractivity contribution < 1.29 is 9.53 Å². The molecular formula is C8H9N2O2. The van der Waals surface area contributed by atoms with Gasteiger partial charge in [0.2, 0.25) is 0 Å². The first kappa shape index (κ1) is 8.55. The molecule has 1 radical (unpaired) electrons. The van der Waals surface area contributed by atoms with Crippen molar-refractivity contribution in [2.24, 2.45) is 5.84 Å². The van der Waals surface area contributed by atoms with Crippen molar-refractivity contribution >= 4 is 12.1 Å². The summed E-state index contributed by atoms with van der Waals surface area (Å²) in [6.45, 7) is 0. The molecule has 1 rings (SSSR count). The van der Waals surface area contributed by atoms with Crippen molar-refractivity contribution in [3.8, 4) is 5.75 Å². The Morgan fingerprint density at radius 2 is 2.00 bits per heavy atom. The SMILES string of the molecule is COc1ccc(N(N)[C]=O)cc1. The molecule has 0 atom stereocenters. The van der Waals surface area contributed by atoms with E-state index in [1.54, 1.807) is 31.4 Å². The Morgan fingerprint density at radius 1 is 1.42 bits per heavy atom. The Kier molecular flexibility index (Phi) is 2.66. The summed E-state index contributed by atoms with van der Waals surface area (Å²) in [6.07, 6.45) is 1.54. The van der Waals surface area contributed by atoms with Crippen LogP contribution in [0.1, 0.15) is 0 Å². The standard InChI is InChI=1S/C8H9N2O2/c1-12-8-4-2-7(3-5-8)10(9)6-11/h2-5H,9H2,1H3. The number of hydrogen-bond acceptors (Lipinski definition) is 3. The molecule has 1 aromatic rings.